The summed E-state index contributed by atoms with van der Waals surface area (Å²) in [7, 11) is 0. The van der Waals surface area contributed by atoms with Crippen LogP contribution in [0.3, 0.4) is 0 Å². The van der Waals surface area contributed by atoms with Crippen molar-refractivity contribution < 1.29 is 9.59 Å². The minimum Gasteiger partial charge on any atom is -0.354 e. The van der Waals surface area contributed by atoms with Gasteiger partial charge in [-0.1, -0.05) is 19.3 Å². The molecular weight excluding hydrogens is 242 g/mol. The molecule has 2 amide bonds. The molecule has 2 aliphatic rings. The van der Waals surface area contributed by atoms with Crippen molar-refractivity contribution in [3.63, 3.8) is 0 Å². The average Bonchev–Trinajstić information content (AvgIpc) is 3.21. The van der Waals surface area contributed by atoms with Gasteiger partial charge in [0, 0.05) is 25.0 Å². The van der Waals surface area contributed by atoms with Crippen molar-refractivity contribution >= 4 is 11.8 Å². The van der Waals surface area contributed by atoms with E-state index in [4.69, 9.17) is 5.73 Å². The first-order chi connectivity index (χ1) is 9.18. The molecule has 0 heterocycles. The Morgan fingerprint density at radius 1 is 0.895 bits per heavy atom. The minimum atomic E-state index is -0.0540. The van der Waals surface area contributed by atoms with Crippen LogP contribution in [0.2, 0.25) is 0 Å². The molecule has 0 bridgehead atoms. The highest BCUT2D eigenvalue weighted by Gasteiger charge is 2.29. The van der Waals surface area contributed by atoms with Gasteiger partial charge in [-0.05, 0) is 25.7 Å². The van der Waals surface area contributed by atoms with Gasteiger partial charge in [0.05, 0.1) is 5.92 Å². The lowest BCUT2D eigenvalue weighted by molar-refractivity contribution is -0.126. The van der Waals surface area contributed by atoms with E-state index in [1.165, 1.54) is 6.42 Å². The van der Waals surface area contributed by atoms with Gasteiger partial charge >= 0.3 is 0 Å². The van der Waals surface area contributed by atoms with E-state index < -0.39 is 0 Å². The Labute approximate surface area is 114 Å². The zero-order chi connectivity index (χ0) is 13.7. The summed E-state index contributed by atoms with van der Waals surface area (Å²) in [6.45, 7) is 1.02. The van der Waals surface area contributed by atoms with E-state index >= 15 is 0 Å². The lowest BCUT2D eigenvalue weighted by atomic mass is 9.94. The van der Waals surface area contributed by atoms with Gasteiger partial charge < -0.3 is 16.4 Å². The predicted octanol–water partition coefficient (Wildman–Crippen LogP) is 0.536. The molecular formula is C14H25N3O2. The topological polar surface area (TPSA) is 84.2 Å². The first-order valence-electron chi connectivity index (χ1n) is 7.49. The standard InChI is InChI=1S/C14H25N3O2/c15-12-5-3-1-2-4-11(12)14(19)17-9-8-16-13(18)10-6-7-10/h10-12H,1-9,15H2,(H,16,18)(H,17,19). The zero-order valence-corrected chi connectivity index (χ0v) is 11.5. The van der Waals surface area contributed by atoms with Crippen LogP contribution in [0.15, 0.2) is 0 Å². The number of hydrogen-bond donors (Lipinski definition) is 3. The van der Waals surface area contributed by atoms with E-state index in [0.717, 1.165) is 38.5 Å². The first-order valence-corrected chi connectivity index (χ1v) is 7.49. The molecule has 0 saturated heterocycles. The molecule has 108 valence electrons. The average molecular weight is 267 g/mol. The monoisotopic (exact) mass is 267 g/mol. The Morgan fingerprint density at radius 3 is 2.21 bits per heavy atom. The molecule has 0 aromatic rings. The summed E-state index contributed by atoms with van der Waals surface area (Å²) in [5.41, 5.74) is 6.05. The number of hydrogen-bond acceptors (Lipinski definition) is 3. The van der Waals surface area contributed by atoms with Crippen LogP contribution in [0, 0.1) is 11.8 Å². The maximum absolute atomic E-state index is 12.0. The normalized spacial score (nSPS) is 27.4. The van der Waals surface area contributed by atoms with Crippen LogP contribution < -0.4 is 16.4 Å². The minimum absolute atomic E-state index is 0.0106. The first kappa shape index (κ1) is 14.3. The van der Waals surface area contributed by atoms with E-state index in [2.05, 4.69) is 10.6 Å². The molecule has 0 aromatic carbocycles. The van der Waals surface area contributed by atoms with Crippen LogP contribution >= 0.6 is 0 Å². The van der Waals surface area contributed by atoms with Gasteiger partial charge in [-0.15, -0.1) is 0 Å². The van der Waals surface area contributed by atoms with Gasteiger partial charge in [-0.25, -0.2) is 0 Å². The van der Waals surface area contributed by atoms with Crippen molar-refractivity contribution in [3.05, 3.63) is 0 Å². The molecule has 2 fully saturated rings. The molecule has 0 aromatic heterocycles. The van der Waals surface area contributed by atoms with Crippen molar-refractivity contribution in [2.24, 2.45) is 17.6 Å². The Bertz CT molecular complexity index is 329. The van der Waals surface area contributed by atoms with Crippen LogP contribution in [-0.2, 0) is 9.59 Å². The van der Waals surface area contributed by atoms with Gasteiger partial charge in [0.15, 0.2) is 0 Å². The van der Waals surface area contributed by atoms with Crippen LogP contribution in [0.5, 0.6) is 0 Å². The highest BCUT2D eigenvalue weighted by Crippen LogP contribution is 2.28. The molecule has 0 aliphatic heterocycles. The maximum Gasteiger partial charge on any atom is 0.224 e. The highest BCUT2D eigenvalue weighted by molar-refractivity contribution is 5.81. The van der Waals surface area contributed by atoms with Crippen molar-refractivity contribution in [1.82, 2.24) is 10.6 Å². The summed E-state index contributed by atoms with van der Waals surface area (Å²) < 4.78 is 0. The molecule has 19 heavy (non-hydrogen) atoms. The molecule has 5 nitrogen and oxygen atoms in total. The van der Waals surface area contributed by atoms with Crippen molar-refractivity contribution in [3.8, 4) is 0 Å². The van der Waals surface area contributed by atoms with Crippen LogP contribution in [0.4, 0.5) is 0 Å². The molecule has 0 radical (unpaired) electrons. The molecule has 4 N–H and O–H groups in total. The predicted molar refractivity (Wildman–Crippen MR) is 73.3 cm³/mol. The Kier molecular flexibility index (Phi) is 5.19. The molecule has 2 saturated carbocycles. The van der Waals surface area contributed by atoms with Gasteiger partial charge in [0.25, 0.3) is 0 Å². The summed E-state index contributed by atoms with van der Waals surface area (Å²) >= 11 is 0. The second-order valence-electron chi connectivity index (χ2n) is 5.76. The number of nitrogens with two attached hydrogens (primary N) is 1. The number of carbonyl (C=O) groups is 2. The lowest BCUT2D eigenvalue weighted by Gasteiger charge is -2.20. The fraction of sp³-hybridized carbons (Fsp3) is 0.857. The third-order valence-electron chi connectivity index (χ3n) is 4.08. The van der Waals surface area contributed by atoms with Crippen LogP contribution in [0.25, 0.3) is 0 Å². The van der Waals surface area contributed by atoms with Crippen molar-refractivity contribution in [2.45, 2.75) is 51.0 Å². The van der Waals surface area contributed by atoms with Crippen molar-refractivity contribution in [2.75, 3.05) is 13.1 Å². The molecule has 5 heteroatoms. The highest BCUT2D eigenvalue weighted by atomic mass is 16.2. The molecule has 2 aliphatic carbocycles. The fourth-order valence-corrected chi connectivity index (χ4v) is 2.65. The maximum atomic E-state index is 12.0. The summed E-state index contributed by atoms with van der Waals surface area (Å²) in [5.74, 6) is 0.350. The van der Waals surface area contributed by atoms with E-state index in [-0.39, 0.29) is 29.7 Å². The van der Waals surface area contributed by atoms with E-state index in [1.807, 2.05) is 0 Å². The van der Waals surface area contributed by atoms with E-state index in [0.29, 0.717) is 13.1 Å². The molecule has 2 atom stereocenters. The number of rotatable bonds is 5. The second-order valence-corrected chi connectivity index (χ2v) is 5.76. The third-order valence-corrected chi connectivity index (χ3v) is 4.08. The number of nitrogens with one attached hydrogen (secondary N) is 2. The summed E-state index contributed by atoms with van der Waals surface area (Å²) in [4.78, 5) is 23.5. The summed E-state index contributed by atoms with van der Waals surface area (Å²) in [5, 5.41) is 5.73. The molecule has 0 spiro atoms. The Morgan fingerprint density at radius 2 is 1.53 bits per heavy atom. The largest absolute Gasteiger partial charge is 0.354 e. The smallest absolute Gasteiger partial charge is 0.224 e. The third kappa shape index (κ3) is 4.49. The van der Waals surface area contributed by atoms with E-state index in [1.54, 1.807) is 0 Å². The SMILES string of the molecule is NC1CCCCCC1C(=O)NCCNC(=O)C1CC1. The van der Waals surface area contributed by atoms with Crippen LogP contribution in [-0.4, -0.2) is 30.9 Å². The van der Waals surface area contributed by atoms with Gasteiger partial charge in [0.1, 0.15) is 0 Å². The fourth-order valence-electron chi connectivity index (χ4n) is 2.65. The molecule has 2 unspecified atom stereocenters. The quantitative estimate of drug-likeness (QED) is 0.502. The van der Waals surface area contributed by atoms with Crippen molar-refractivity contribution in [1.29, 1.82) is 0 Å². The zero-order valence-electron chi connectivity index (χ0n) is 11.5. The lowest BCUT2D eigenvalue weighted by Crippen LogP contribution is -2.43. The summed E-state index contributed by atoms with van der Waals surface area (Å²) in [6.07, 6.45) is 7.24. The Hall–Kier alpha value is -1.10. The summed E-state index contributed by atoms with van der Waals surface area (Å²) in [6, 6.07) is -0.0106. The van der Waals surface area contributed by atoms with E-state index in [9.17, 15) is 9.59 Å². The number of amides is 2. The molecule has 2 rings (SSSR count). The van der Waals surface area contributed by atoms with Gasteiger partial charge in [-0.2, -0.15) is 0 Å². The second kappa shape index (κ2) is 6.89. The van der Waals surface area contributed by atoms with Crippen LogP contribution in [0.1, 0.15) is 44.9 Å². The van der Waals surface area contributed by atoms with Gasteiger partial charge in [-0.3, -0.25) is 9.59 Å². The number of carbonyl (C=O) groups excluding carboxylic acids is 2. The van der Waals surface area contributed by atoms with Gasteiger partial charge in [0.2, 0.25) is 11.8 Å². The Balaban J connectivity index is 1.63.